The van der Waals surface area contributed by atoms with Crippen molar-refractivity contribution in [2.45, 2.75) is 32.8 Å². The van der Waals surface area contributed by atoms with E-state index in [1.807, 2.05) is 44.2 Å². The van der Waals surface area contributed by atoms with Crippen molar-refractivity contribution in [1.82, 2.24) is 0 Å². The lowest BCUT2D eigenvalue weighted by molar-refractivity contribution is 0.212. The Bertz CT molecular complexity index is 334. The zero-order valence-electron chi connectivity index (χ0n) is 10.2. The van der Waals surface area contributed by atoms with Gasteiger partial charge in [-0.25, -0.2) is 0 Å². The van der Waals surface area contributed by atoms with Crippen LogP contribution >= 0.6 is 0 Å². The molecule has 0 saturated heterocycles. The van der Waals surface area contributed by atoms with Crippen LogP contribution in [0.5, 0.6) is 5.75 Å². The third-order valence-electron chi connectivity index (χ3n) is 2.41. The quantitative estimate of drug-likeness (QED) is 0.773. The number of methoxy groups -OCH3 is 1. The Kier molecular flexibility index (Phi) is 5.06. The number of hydrogen-bond acceptors (Lipinski definition) is 2. The second kappa shape index (κ2) is 6.33. The Morgan fingerprint density at radius 3 is 2.44 bits per heavy atom. The van der Waals surface area contributed by atoms with E-state index in [-0.39, 0.29) is 6.10 Å². The first-order chi connectivity index (χ1) is 7.61. The molecule has 0 saturated carbocycles. The van der Waals surface area contributed by atoms with Gasteiger partial charge in [-0.15, -0.1) is 0 Å². The Morgan fingerprint density at radius 1 is 1.31 bits per heavy atom. The summed E-state index contributed by atoms with van der Waals surface area (Å²) in [4.78, 5) is 0. The van der Waals surface area contributed by atoms with Gasteiger partial charge in [-0.05, 0) is 44.4 Å². The molecular weight excluding hydrogens is 200 g/mol. The zero-order valence-corrected chi connectivity index (χ0v) is 10.2. The highest BCUT2D eigenvalue weighted by Crippen LogP contribution is 2.13. The molecule has 1 aromatic carbocycles. The molecular formula is C14H20O2. The molecule has 2 heteroatoms. The van der Waals surface area contributed by atoms with Crippen LogP contribution < -0.4 is 4.74 Å². The lowest BCUT2D eigenvalue weighted by atomic mass is 10.1. The highest BCUT2D eigenvalue weighted by atomic mass is 16.5. The van der Waals surface area contributed by atoms with E-state index < -0.39 is 0 Å². The van der Waals surface area contributed by atoms with E-state index in [4.69, 9.17) is 4.74 Å². The molecule has 0 fully saturated rings. The van der Waals surface area contributed by atoms with Crippen molar-refractivity contribution < 1.29 is 9.84 Å². The summed E-state index contributed by atoms with van der Waals surface area (Å²) >= 11 is 0. The number of hydrogen-bond donors (Lipinski definition) is 1. The van der Waals surface area contributed by atoms with Gasteiger partial charge in [-0.1, -0.05) is 23.8 Å². The highest BCUT2D eigenvalue weighted by molar-refractivity contribution is 5.27. The van der Waals surface area contributed by atoms with E-state index in [2.05, 4.69) is 0 Å². The smallest absolute Gasteiger partial charge is 0.118 e. The fraction of sp³-hybridized carbons (Fsp3) is 0.429. The average Bonchev–Trinajstić information content (AvgIpc) is 2.26. The average molecular weight is 220 g/mol. The van der Waals surface area contributed by atoms with Crippen LogP contribution in [0.1, 0.15) is 25.8 Å². The van der Waals surface area contributed by atoms with Crippen molar-refractivity contribution in [3.63, 3.8) is 0 Å². The summed E-state index contributed by atoms with van der Waals surface area (Å²) in [7, 11) is 1.66. The molecule has 0 heterocycles. The van der Waals surface area contributed by atoms with Crippen LogP contribution in [0.15, 0.2) is 35.9 Å². The van der Waals surface area contributed by atoms with E-state index in [1.54, 1.807) is 7.11 Å². The van der Waals surface area contributed by atoms with E-state index in [1.165, 1.54) is 5.56 Å². The normalized spacial score (nSPS) is 12.0. The minimum Gasteiger partial charge on any atom is -0.497 e. The third-order valence-corrected chi connectivity index (χ3v) is 2.41. The van der Waals surface area contributed by atoms with Gasteiger partial charge in [0, 0.05) is 0 Å². The number of ether oxygens (including phenoxy) is 1. The van der Waals surface area contributed by atoms with Gasteiger partial charge in [0.05, 0.1) is 13.2 Å². The second-order valence-corrected chi connectivity index (χ2v) is 4.20. The Morgan fingerprint density at radius 2 is 1.94 bits per heavy atom. The minimum absolute atomic E-state index is 0.341. The van der Waals surface area contributed by atoms with E-state index in [0.717, 1.165) is 24.2 Å². The molecule has 1 N–H and O–H groups in total. The summed E-state index contributed by atoms with van der Waals surface area (Å²) in [5, 5.41) is 9.68. The molecule has 0 aliphatic rings. The topological polar surface area (TPSA) is 29.5 Å². The lowest BCUT2D eigenvalue weighted by Gasteiger charge is -2.07. The maximum Gasteiger partial charge on any atom is 0.118 e. The van der Waals surface area contributed by atoms with Crippen LogP contribution in [0.4, 0.5) is 0 Å². The molecule has 0 bridgehead atoms. The fourth-order valence-corrected chi connectivity index (χ4v) is 1.57. The van der Waals surface area contributed by atoms with Crippen molar-refractivity contribution in [3.05, 3.63) is 41.5 Å². The largest absolute Gasteiger partial charge is 0.497 e. The van der Waals surface area contributed by atoms with E-state index in [0.29, 0.717) is 0 Å². The Balaban J connectivity index is 2.45. The van der Waals surface area contributed by atoms with E-state index in [9.17, 15) is 5.11 Å². The van der Waals surface area contributed by atoms with Gasteiger partial charge in [-0.2, -0.15) is 0 Å². The van der Waals surface area contributed by atoms with Gasteiger partial charge >= 0.3 is 0 Å². The number of aryl methyl sites for hydroxylation is 1. The van der Waals surface area contributed by atoms with Gasteiger partial charge in [0.15, 0.2) is 0 Å². The fourth-order valence-electron chi connectivity index (χ4n) is 1.57. The summed E-state index contributed by atoms with van der Waals surface area (Å²) in [6.07, 6.45) is 3.20. The Hall–Kier alpha value is -1.28. The molecule has 0 spiro atoms. The monoisotopic (exact) mass is 220 g/mol. The number of benzene rings is 1. The predicted molar refractivity (Wildman–Crippen MR) is 66.8 cm³/mol. The molecule has 0 aliphatic carbocycles. The molecule has 0 aromatic heterocycles. The minimum atomic E-state index is -0.341. The standard InChI is InChI=1S/C14H20O2/c1-11(2)10-13(15)7-4-12-5-8-14(16-3)9-6-12/h5-6,8-10,13,15H,4,7H2,1-3H3. The van der Waals surface area contributed by atoms with Crippen molar-refractivity contribution in [3.8, 4) is 5.75 Å². The number of aliphatic hydroxyl groups excluding tert-OH is 1. The summed E-state index contributed by atoms with van der Waals surface area (Å²) in [5.74, 6) is 0.869. The first-order valence-electron chi connectivity index (χ1n) is 5.58. The second-order valence-electron chi connectivity index (χ2n) is 4.20. The molecule has 2 nitrogen and oxygen atoms in total. The van der Waals surface area contributed by atoms with Crippen molar-refractivity contribution >= 4 is 0 Å². The lowest BCUT2D eigenvalue weighted by Crippen LogP contribution is -2.04. The third kappa shape index (κ3) is 4.49. The van der Waals surface area contributed by atoms with Gasteiger partial charge in [0.2, 0.25) is 0 Å². The molecule has 1 rings (SSSR count). The molecule has 0 radical (unpaired) electrons. The molecule has 0 aliphatic heterocycles. The molecule has 0 amide bonds. The molecule has 1 unspecified atom stereocenters. The number of aliphatic hydroxyl groups is 1. The number of allylic oxidation sites excluding steroid dienone is 1. The van der Waals surface area contributed by atoms with Crippen molar-refractivity contribution in [1.29, 1.82) is 0 Å². The first-order valence-corrected chi connectivity index (χ1v) is 5.58. The molecule has 88 valence electrons. The van der Waals surface area contributed by atoms with Crippen LogP contribution in [0.2, 0.25) is 0 Å². The summed E-state index contributed by atoms with van der Waals surface area (Å²) in [6.45, 7) is 3.99. The maximum absolute atomic E-state index is 9.68. The van der Waals surface area contributed by atoms with Gasteiger partial charge in [0.25, 0.3) is 0 Å². The van der Waals surface area contributed by atoms with Crippen LogP contribution in [-0.2, 0) is 6.42 Å². The SMILES string of the molecule is COc1ccc(CCC(O)C=C(C)C)cc1. The van der Waals surface area contributed by atoms with Gasteiger partial charge in [0.1, 0.15) is 5.75 Å². The van der Waals surface area contributed by atoms with Crippen molar-refractivity contribution in [2.24, 2.45) is 0 Å². The Labute approximate surface area is 97.6 Å². The molecule has 1 aromatic rings. The number of rotatable bonds is 5. The molecule has 16 heavy (non-hydrogen) atoms. The first kappa shape index (κ1) is 12.8. The van der Waals surface area contributed by atoms with Gasteiger partial charge < -0.3 is 9.84 Å². The van der Waals surface area contributed by atoms with Crippen molar-refractivity contribution in [2.75, 3.05) is 7.11 Å². The van der Waals surface area contributed by atoms with E-state index >= 15 is 0 Å². The predicted octanol–water partition coefficient (Wildman–Crippen LogP) is 2.95. The summed E-state index contributed by atoms with van der Waals surface area (Å²) in [5.41, 5.74) is 2.38. The summed E-state index contributed by atoms with van der Waals surface area (Å²) < 4.78 is 5.09. The summed E-state index contributed by atoms with van der Waals surface area (Å²) in [6, 6.07) is 7.97. The maximum atomic E-state index is 9.68. The van der Waals surface area contributed by atoms with Gasteiger partial charge in [-0.3, -0.25) is 0 Å². The highest BCUT2D eigenvalue weighted by Gasteiger charge is 2.01. The van der Waals surface area contributed by atoms with Crippen LogP contribution in [0.3, 0.4) is 0 Å². The van der Waals surface area contributed by atoms with Crippen LogP contribution in [0, 0.1) is 0 Å². The molecule has 1 atom stereocenters. The zero-order chi connectivity index (χ0) is 12.0. The van der Waals surface area contributed by atoms with Crippen LogP contribution in [0.25, 0.3) is 0 Å². The van der Waals surface area contributed by atoms with Crippen LogP contribution in [-0.4, -0.2) is 18.3 Å².